The molecule has 0 radical (unpaired) electrons. The van der Waals surface area contributed by atoms with Crippen LogP contribution in [0.5, 0.6) is 0 Å². The van der Waals surface area contributed by atoms with E-state index in [1.807, 2.05) is 29.0 Å². The Bertz CT molecular complexity index is 1130. The number of fused-ring (bicyclic) bond motifs is 1. The Morgan fingerprint density at radius 3 is 2.90 bits per heavy atom. The first-order valence-electron chi connectivity index (χ1n) is 8.99. The number of nitrogens with one attached hydrogen (secondary N) is 1. The molecule has 150 valence electrons. The van der Waals surface area contributed by atoms with Crippen LogP contribution in [-0.2, 0) is 21.8 Å². The summed E-state index contributed by atoms with van der Waals surface area (Å²) in [5.74, 6) is 1.63. The van der Waals surface area contributed by atoms with Crippen LogP contribution in [0.4, 0.5) is 0 Å². The molecule has 8 nitrogen and oxygen atoms in total. The lowest BCUT2D eigenvalue weighted by Crippen LogP contribution is -2.07. The molecule has 0 atom stereocenters. The molecule has 29 heavy (non-hydrogen) atoms. The van der Waals surface area contributed by atoms with Crippen LogP contribution in [0.15, 0.2) is 52.2 Å². The first kappa shape index (κ1) is 19.3. The fourth-order valence-corrected chi connectivity index (χ4v) is 3.90. The van der Waals surface area contributed by atoms with E-state index in [4.69, 9.17) is 9.15 Å². The molecule has 9 heteroatoms. The smallest absolute Gasteiger partial charge is 0.373 e. The summed E-state index contributed by atoms with van der Waals surface area (Å²) in [4.78, 5) is 14.8. The Morgan fingerprint density at radius 1 is 1.21 bits per heavy atom. The fourth-order valence-electron chi connectivity index (χ4n) is 3.04. The quantitative estimate of drug-likeness (QED) is 0.348. The third kappa shape index (κ3) is 3.92. The third-order valence-electron chi connectivity index (χ3n) is 4.46. The number of rotatable bonds is 8. The van der Waals surface area contributed by atoms with Crippen LogP contribution in [0, 0.1) is 0 Å². The zero-order valence-electron chi connectivity index (χ0n) is 16.0. The molecule has 0 saturated carbocycles. The zero-order chi connectivity index (χ0) is 20.2. The van der Waals surface area contributed by atoms with Crippen molar-refractivity contribution >= 4 is 28.6 Å². The van der Waals surface area contributed by atoms with E-state index in [9.17, 15) is 4.79 Å². The Balaban J connectivity index is 1.60. The Hall–Kier alpha value is -3.04. The number of benzene rings is 1. The molecule has 0 fully saturated rings. The molecule has 0 unspecified atom stereocenters. The highest BCUT2D eigenvalue weighted by Crippen LogP contribution is 2.31. The van der Waals surface area contributed by atoms with E-state index < -0.39 is 5.97 Å². The minimum atomic E-state index is -0.494. The van der Waals surface area contributed by atoms with Gasteiger partial charge in [0.1, 0.15) is 5.76 Å². The molecule has 0 aliphatic heterocycles. The largest absolute Gasteiger partial charge is 0.463 e. The Morgan fingerprint density at radius 2 is 2.07 bits per heavy atom. The highest BCUT2D eigenvalue weighted by atomic mass is 32.2. The predicted molar refractivity (Wildman–Crippen MR) is 109 cm³/mol. The van der Waals surface area contributed by atoms with Crippen LogP contribution in [0.3, 0.4) is 0 Å². The summed E-state index contributed by atoms with van der Waals surface area (Å²) in [7, 11) is 2.99. The van der Waals surface area contributed by atoms with E-state index in [2.05, 4.69) is 26.0 Å². The highest BCUT2D eigenvalue weighted by molar-refractivity contribution is 7.98. The molecule has 4 aromatic rings. The van der Waals surface area contributed by atoms with Crippen molar-refractivity contribution in [2.24, 2.45) is 0 Å². The van der Waals surface area contributed by atoms with Gasteiger partial charge in [-0.3, -0.25) is 4.57 Å². The number of aromatic nitrogens is 4. The number of carbonyl (C=O) groups excluding carboxylic acids is 1. The number of nitrogens with zero attached hydrogens (tertiary/aromatic N) is 3. The number of carbonyl (C=O) groups is 1. The average Bonchev–Trinajstić information content (AvgIpc) is 3.47. The van der Waals surface area contributed by atoms with E-state index in [-0.39, 0.29) is 5.76 Å². The van der Waals surface area contributed by atoms with Crippen molar-refractivity contribution in [1.29, 1.82) is 0 Å². The van der Waals surface area contributed by atoms with E-state index in [1.165, 1.54) is 18.9 Å². The lowest BCUT2D eigenvalue weighted by Gasteiger charge is -2.09. The number of ether oxygens (including phenoxy) is 2. The van der Waals surface area contributed by atoms with Crippen LogP contribution in [0.25, 0.3) is 22.3 Å². The topological polar surface area (TPSA) is 95.2 Å². The maximum Gasteiger partial charge on any atom is 0.373 e. The van der Waals surface area contributed by atoms with Crippen molar-refractivity contribution in [2.45, 2.75) is 17.5 Å². The molecule has 1 N–H and O–H groups in total. The normalized spacial score (nSPS) is 11.2. The number of esters is 1. The Labute approximate surface area is 171 Å². The zero-order valence-corrected chi connectivity index (χ0v) is 16.9. The standard InChI is InChI=1S/C20H20N4O4S/c1-26-10-9-24-18(15-11-21-16-6-4-3-5-14(15)16)22-23-20(24)29-12-13-7-8-17(28-13)19(25)27-2/h3-8,11,21H,9-10,12H2,1-2H3. The van der Waals surface area contributed by atoms with Gasteiger partial charge in [0, 0.05) is 29.8 Å². The molecular formula is C20H20N4O4S. The van der Waals surface area contributed by atoms with Gasteiger partial charge in [0.05, 0.1) is 26.0 Å². The summed E-state index contributed by atoms with van der Waals surface area (Å²) >= 11 is 1.48. The number of aromatic amines is 1. The van der Waals surface area contributed by atoms with Gasteiger partial charge in [0.15, 0.2) is 11.0 Å². The SMILES string of the molecule is COCCn1c(SCc2ccc(C(=O)OC)o2)nnc1-c1c[nH]c2ccccc12. The summed E-state index contributed by atoms with van der Waals surface area (Å²) in [5.41, 5.74) is 2.03. The number of hydrogen-bond donors (Lipinski definition) is 1. The van der Waals surface area contributed by atoms with Gasteiger partial charge in [0.25, 0.3) is 0 Å². The van der Waals surface area contributed by atoms with E-state index in [0.29, 0.717) is 24.7 Å². The minimum Gasteiger partial charge on any atom is -0.463 e. The molecule has 0 aliphatic rings. The second-order valence-electron chi connectivity index (χ2n) is 6.24. The van der Waals surface area contributed by atoms with E-state index in [1.54, 1.807) is 19.2 Å². The van der Waals surface area contributed by atoms with Gasteiger partial charge < -0.3 is 18.9 Å². The molecule has 1 aromatic carbocycles. The van der Waals surface area contributed by atoms with E-state index in [0.717, 1.165) is 27.4 Å². The molecular weight excluding hydrogens is 392 g/mol. The summed E-state index contributed by atoms with van der Waals surface area (Å²) in [6.07, 6.45) is 1.95. The maximum absolute atomic E-state index is 11.5. The van der Waals surface area contributed by atoms with Gasteiger partial charge in [-0.25, -0.2) is 4.79 Å². The van der Waals surface area contributed by atoms with Crippen LogP contribution in [-0.4, -0.2) is 46.5 Å². The van der Waals surface area contributed by atoms with Gasteiger partial charge in [-0.05, 0) is 18.2 Å². The van der Waals surface area contributed by atoms with Crippen molar-refractivity contribution in [3.63, 3.8) is 0 Å². The summed E-state index contributed by atoms with van der Waals surface area (Å²) < 4.78 is 17.5. The number of H-pyrrole nitrogens is 1. The van der Waals surface area contributed by atoms with Gasteiger partial charge >= 0.3 is 5.97 Å². The van der Waals surface area contributed by atoms with Gasteiger partial charge in [-0.2, -0.15) is 0 Å². The maximum atomic E-state index is 11.5. The van der Waals surface area contributed by atoms with Gasteiger partial charge in [-0.15, -0.1) is 10.2 Å². The monoisotopic (exact) mass is 412 g/mol. The van der Waals surface area contributed by atoms with Gasteiger partial charge in [-0.1, -0.05) is 30.0 Å². The minimum absolute atomic E-state index is 0.184. The third-order valence-corrected chi connectivity index (χ3v) is 5.45. The Kier molecular flexibility index (Phi) is 5.68. The van der Waals surface area contributed by atoms with Crippen molar-refractivity contribution in [3.05, 3.63) is 54.1 Å². The molecule has 0 spiro atoms. The number of furan rings is 1. The van der Waals surface area contributed by atoms with Crippen molar-refractivity contribution in [1.82, 2.24) is 19.7 Å². The van der Waals surface area contributed by atoms with Crippen LogP contribution in [0.2, 0.25) is 0 Å². The lowest BCUT2D eigenvalue weighted by molar-refractivity contribution is 0.0563. The van der Waals surface area contributed by atoms with Crippen LogP contribution >= 0.6 is 11.8 Å². The molecule has 0 amide bonds. The summed E-state index contributed by atoms with van der Waals surface area (Å²) in [6, 6.07) is 11.4. The van der Waals surface area contributed by atoms with Crippen molar-refractivity contribution in [3.8, 4) is 11.4 Å². The number of methoxy groups -OCH3 is 2. The molecule has 4 rings (SSSR count). The highest BCUT2D eigenvalue weighted by Gasteiger charge is 2.18. The fraction of sp³-hybridized carbons (Fsp3) is 0.250. The number of para-hydroxylation sites is 1. The number of thioether (sulfide) groups is 1. The van der Waals surface area contributed by atoms with Crippen LogP contribution in [0.1, 0.15) is 16.3 Å². The second-order valence-corrected chi connectivity index (χ2v) is 7.19. The number of hydrogen-bond acceptors (Lipinski definition) is 7. The first-order chi connectivity index (χ1) is 14.2. The average molecular weight is 412 g/mol. The molecule has 3 aromatic heterocycles. The predicted octanol–water partition coefficient (Wildman–Crippen LogP) is 3.74. The van der Waals surface area contributed by atoms with E-state index >= 15 is 0 Å². The summed E-state index contributed by atoms with van der Waals surface area (Å²) in [5, 5.41) is 10.6. The molecule has 0 bridgehead atoms. The van der Waals surface area contributed by atoms with Crippen molar-refractivity contribution < 1.29 is 18.7 Å². The lowest BCUT2D eigenvalue weighted by atomic mass is 10.1. The van der Waals surface area contributed by atoms with Gasteiger partial charge in [0.2, 0.25) is 5.76 Å². The van der Waals surface area contributed by atoms with Crippen molar-refractivity contribution in [2.75, 3.05) is 20.8 Å². The molecule has 0 aliphatic carbocycles. The molecule has 0 saturated heterocycles. The second kappa shape index (κ2) is 8.54. The van der Waals surface area contributed by atoms with Crippen LogP contribution < -0.4 is 0 Å². The first-order valence-corrected chi connectivity index (χ1v) is 9.98. The summed E-state index contributed by atoms with van der Waals surface area (Å²) in [6.45, 7) is 1.15. The molecule has 3 heterocycles.